The van der Waals surface area contributed by atoms with Crippen LogP contribution in [0.4, 0.5) is 4.79 Å². The first-order chi connectivity index (χ1) is 15.5. The van der Waals surface area contributed by atoms with Crippen LogP contribution in [0.3, 0.4) is 0 Å². The number of carbonyl (C=O) groups excluding carboxylic acids is 2. The summed E-state index contributed by atoms with van der Waals surface area (Å²) in [5, 5.41) is 14.7. The molecule has 1 fully saturated rings. The van der Waals surface area contributed by atoms with Crippen molar-refractivity contribution in [2.75, 3.05) is 0 Å². The van der Waals surface area contributed by atoms with Gasteiger partial charge in [-0.1, -0.05) is 54.6 Å². The van der Waals surface area contributed by atoms with E-state index >= 15 is 0 Å². The summed E-state index contributed by atoms with van der Waals surface area (Å²) in [5.74, 6) is 3.60. The first kappa shape index (κ1) is 21.0. The van der Waals surface area contributed by atoms with Crippen LogP contribution >= 0.6 is 0 Å². The van der Waals surface area contributed by atoms with Crippen molar-refractivity contribution < 1.29 is 19.5 Å². The van der Waals surface area contributed by atoms with Gasteiger partial charge in [-0.05, 0) is 39.6 Å². The standard InChI is InChI=1S/C24H22N4O4/c25-26-13-17-6-8-19-9-7-18(11-20(19)10-17)15-28-23(31)21(12-22(29)30)27(24(28)32)14-16-4-2-1-3-5-16/h1-11,13,21H,12,14-15,25H2,(H,29,30). The number of carbonyl (C=O) groups is 3. The summed E-state index contributed by atoms with van der Waals surface area (Å²) in [6, 6.07) is 19.1. The quantitative estimate of drug-likeness (QED) is 0.259. The van der Waals surface area contributed by atoms with Crippen molar-refractivity contribution in [2.24, 2.45) is 10.9 Å². The molecule has 3 N–H and O–H groups in total. The first-order valence-corrected chi connectivity index (χ1v) is 10.1. The Bertz CT molecular complexity index is 1210. The predicted molar refractivity (Wildman–Crippen MR) is 120 cm³/mol. The lowest BCUT2D eigenvalue weighted by atomic mass is 10.0. The van der Waals surface area contributed by atoms with E-state index < -0.39 is 30.4 Å². The average molecular weight is 430 g/mol. The number of urea groups is 1. The number of aliphatic carboxylic acids is 1. The lowest BCUT2D eigenvalue weighted by Crippen LogP contribution is -2.36. The van der Waals surface area contributed by atoms with Gasteiger partial charge >= 0.3 is 12.0 Å². The number of carboxylic acids is 1. The van der Waals surface area contributed by atoms with Crippen LogP contribution in [0.25, 0.3) is 10.8 Å². The number of nitrogens with zero attached hydrogens (tertiary/aromatic N) is 3. The third-order valence-corrected chi connectivity index (χ3v) is 5.46. The monoisotopic (exact) mass is 430 g/mol. The molecule has 0 radical (unpaired) electrons. The van der Waals surface area contributed by atoms with Gasteiger partial charge < -0.3 is 15.8 Å². The predicted octanol–water partition coefficient (Wildman–Crippen LogP) is 2.94. The number of hydrogen-bond acceptors (Lipinski definition) is 5. The molecule has 0 spiro atoms. The molecule has 1 saturated heterocycles. The number of nitrogens with two attached hydrogens (primary N) is 1. The maximum atomic E-state index is 13.1. The molecule has 1 heterocycles. The van der Waals surface area contributed by atoms with Crippen LogP contribution in [-0.4, -0.2) is 45.1 Å². The molecule has 0 saturated carbocycles. The topological polar surface area (TPSA) is 116 Å². The molecule has 8 heteroatoms. The first-order valence-electron chi connectivity index (χ1n) is 10.1. The van der Waals surface area contributed by atoms with Crippen LogP contribution in [0, 0.1) is 0 Å². The Labute approximate surface area is 184 Å². The molecule has 0 bridgehead atoms. The van der Waals surface area contributed by atoms with Crippen molar-refractivity contribution in [1.82, 2.24) is 9.80 Å². The second kappa shape index (κ2) is 8.89. The van der Waals surface area contributed by atoms with E-state index in [1.54, 1.807) is 0 Å². The van der Waals surface area contributed by atoms with Crippen LogP contribution < -0.4 is 5.84 Å². The zero-order valence-corrected chi connectivity index (χ0v) is 17.2. The largest absolute Gasteiger partial charge is 0.481 e. The van der Waals surface area contributed by atoms with Crippen molar-refractivity contribution in [1.29, 1.82) is 0 Å². The Morgan fingerprint density at radius 3 is 2.44 bits per heavy atom. The molecule has 3 aromatic rings. The van der Waals surface area contributed by atoms with Crippen molar-refractivity contribution >= 4 is 34.9 Å². The number of rotatable bonds is 7. The van der Waals surface area contributed by atoms with Gasteiger partial charge in [0.15, 0.2) is 0 Å². The van der Waals surface area contributed by atoms with Crippen molar-refractivity contribution in [2.45, 2.75) is 25.6 Å². The Hall–Kier alpha value is -4.20. The highest BCUT2D eigenvalue weighted by Crippen LogP contribution is 2.26. The van der Waals surface area contributed by atoms with Gasteiger partial charge in [0.2, 0.25) is 0 Å². The van der Waals surface area contributed by atoms with E-state index in [0.717, 1.165) is 32.4 Å². The molecular formula is C24H22N4O4. The molecule has 1 aliphatic rings. The molecular weight excluding hydrogens is 408 g/mol. The number of amides is 3. The maximum Gasteiger partial charge on any atom is 0.328 e. The van der Waals surface area contributed by atoms with Gasteiger partial charge in [0.05, 0.1) is 19.2 Å². The lowest BCUT2D eigenvalue weighted by molar-refractivity contribution is -0.141. The van der Waals surface area contributed by atoms with E-state index in [1.165, 1.54) is 11.1 Å². The van der Waals surface area contributed by atoms with Crippen LogP contribution in [-0.2, 0) is 22.7 Å². The van der Waals surface area contributed by atoms with E-state index in [0.29, 0.717) is 0 Å². The highest BCUT2D eigenvalue weighted by atomic mass is 16.4. The van der Waals surface area contributed by atoms with Crippen LogP contribution in [0.5, 0.6) is 0 Å². The Balaban J connectivity index is 1.61. The molecule has 1 aliphatic heterocycles. The average Bonchev–Trinajstić information content (AvgIpc) is 2.98. The molecule has 32 heavy (non-hydrogen) atoms. The number of hydrogen-bond donors (Lipinski definition) is 2. The molecule has 1 unspecified atom stereocenters. The van der Waals surface area contributed by atoms with E-state index in [-0.39, 0.29) is 13.1 Å². The summed E-state index contributed by atoms with van der Waals surface area (Å²) in [6.07, 6.45) is 1.10. The molecule has 8 nitrogen and oxygen atoms in total. The minimum absolute atomic E-state index is 0.0597. The summed E-state index contributed by atoms with van der Waals surface area (Å²) in [6.45, 7) is 0.226. The highest BCUT2D eigenvalue weighted by Gasteiger charge is 2.45. The molecule has 1 atom stereocenters. The fourth-order valence-corrected chi connectivity index (χ4v) is 3.92. The summed E-state index contributed by atoms with van der Waals surface area (Å²) >= 11 is 0. The fourth-order valence-electron chi connectivity index (χ4n) is 3.92. The van der Waals surface area contributed by atoms with Crippen molar-refractivity contribution in [3.63, 3.8) is 0 Å². The maximum absolute atomic E-state index is 13.1. The number of carboxylic acid groups (broad SMARTS) is 1. The van der Waals surface area contributed by atoms with Crippen molar-refractivity contribution in [3.05, 3.63) is 83.4 Å². The molecule has 0 aromatic heterocycles. The van der Waals surface area contributed by atoms with E-state index in [1.807, 2.05) is 66.7 Å². The Morgan fingerprint density at radius 1 is 0.969 bits per heavy atom. The zero-order valence-electron chi connectivity index (χ0n) is 17.2. The zero-order chi connectivity index (χ0) is 22.7. The SMILES string of the molecule is NN=Cc1ccc2ccc(CN3C(=O)C(CC(=O)O)N(Cc4ccccc4)C3=O)cc2c1. The third kappa shape index (κ3) is 4.29. The smallest absolute Gasteiger partial charge is 0.328 e. The molecule has 4 rings (SSSR count). The second-order valence-corrected chi connectivity index (χ2v) is 7.65. The van der Waals surface area contributed by atoms with Gasteiger partial charge in [0.25, 0.3) is 5.91 Å². The van der Waals surface area contributed by atoms with Gasteiger partial charge in [0, 0.05) is 6.54 Å². The van der Waals surface area contributed by atoms with Gasteiger partial charge in [-0.3, -0.25) is 14.5 Å². The van der Waals surface area contributed by atoms with Gasteiger partial charge in [0.1, 0.15) is 6.04 Å². The molecule has 3 amide bonds. The lowest BCUT2D eigenvalue weighted by Gasteiger charge is -2.21. The number of fused-ring (bicyclic) bond motifs is 1. The van der Waals surface area contributed by atoms with Gasteiger partial charge in [-0.15, -0.1) is 0 Å². The van der Waals surface area contributed by atoms with E-state index in [9.17, 15) is 19.5 Å². The summed E-state index contributed by atoms with van der Waals surface area (Å²) in [5.41, 5.74) is 2.42. The minimum atomic E-state index is -1.13. The van der Waals surface area contributed by atoms with Gasteiger partial charge in [-0.25, -0.2) is 4.79 Å². The normalized spacial score (nSPS) is 16.4. The Kier molecular flexibility index (Phi) is 5.85. The second-order valence-electron chi connectivity index (χ2n) is 7.65. The Morgan fingerprint density at radius 2 is 1.72 bits per heavy atom. The fraction of sp³-hybridized carbons (Fsp3) is 0.167. The highest BCUT2D eigenvalue weighted by molar-refractivity contribution is 6.05. The molecule has 3 aromatic carbocycles. The molecule has 162 valence electrons. The number of benzene rings is 3. The number of imide groups is 1. The van der Waals surface area contributed by atoms with Crippen molar-refractivity contribution in [3.8, 4) is 0 Å². The van der Waals surface area contributed by atoms with Crippen LogP contribution in [0.15, 0.2) is 71.8 Å². The summed E-state index contributed by atoms with van der Waals surface area (Å²) in [7, 11) is 0. The summed E-state index contributed by atoms with van der Waals surface area (Å²) < 4.78 is 0. The summed E-state index contributed by atoms with van der Waals surface area (Å²) in [4.78, 5) is 40.0. The van der Waals surface area contributed by atoms with Crippen LogP contribution in [0.2, 0.25) is 0 Å². The third-order valence-electron chi connectivity index (χ3n) is 5.46. The van der Waals surface area contributed by atoms with E-state index in [2.05, 4.69) is 5.10 Å². The minimum Gasteiger partial charge on any atom is -0.481 e. The van der Waals surface area contributed by atoms with Gasteiger partial charge in [-0.2, -0.15) is 5.10 Å². The van der Waals surface area contributed by atoms with E-state index in [4.69, 9.17) is 5.84 Å². The number of hydrazone groups is 1. The van der Waals surface area contributed by atoms with Crippen LogP contribution in [0.1, 0.15) is 23.1 Å². The molecule has 0 aliphatic carbocycles.